The minimum atomic E-state index is -0.764. The van der Waals surface area contributed by atoms with Gasteiger partial charge >= 0.3 is 5.69 Å². The Labute approximate surface area is 103 Å². The molecule has 100 valence electrons. The number of anilines is 1. The first-order valence-electron chi connectivity index (χ1n) is 5.58. The van der Waals surface area contributed by atoms with Crippen molar-refractivity contribution in [2.75, 3.05) is 18.9 Å². The van der Waals surface area contributed by atoms with Gasteiger partial charge in [-0.2, -0.15) is 14.8 Å². The van der Waals surface area contributed by atoms with Crippen LogP contribution in [0.2, 0.25) is 0 Å². The summed E-state index contributed by atoms with van der Waals surface area (Å²) in [6.45, 7) is 1.40. The zero-order valence-electron chi connectivity index (χ0n) is 9.98. The number of ether oxygens (including phenoxy) is 1. The number of nitrogen functional groups attached to an aromatic ring is 1. The molecule has 0 bridgehead atoms. The van der Waals surface area contributed by atoms with Crippen LogP contribution in [0, 0.1) is 5.41 Å². The lowest BCUT2D eigenvalue weighted by Crippen LogP contribution is -2.38. The van der Waals surface area contributed by atoms with E-state index >= 15 is 0 Å². The molecule has 1 fully saturated rings. The highest BCUT2D eigenvalue weighted by molar-refractivity contribution is 5.19. The number of hydrogen-bond acceptors (Lipinski definition) is 7. The molecule has 2 heterocycles. The highest BCUT2D eigenvalue weighted by Crippen LogP contribution is 2.43. The molecule has 18 heavy (non-hydrogen) atoms. The van der Waals surface area contributed by atoms with E-state index in [0.29, 0.717) is 6.42 Å². The van der Waals surface area contributed by atoms with Crippen LogP contribution < -0.4 is 11.4 Å². The van der Waals surface area contributed by atoms with E-state index in [1.807, 2.05) is 0 Å². The summed E-state index contributed by atoms with van der Waals surface area (Å²) in [4.78, 5) is 15.3. The Bertz CT molecular complexity index is 491. The Kier molecular flexibility index (Phi) is 3.33. The summed E-state index contributed by atoms with van der Waals surface area (Å²) in [7, 11) is 0. The van der Waals surface area contributed by atoms with Gasteiger partial charge < -0.3 is 20.7 Å². The third-order valence-corrected chi connectivity index (χ3v) is 3.13. The third kappa shape index (κ3) is 2.09. The van der Waals surface area contributed by atoms with Crippen molar-refractivity contribution in [2.45, 2.75) is 25.7 Å². The van der Waals surface area contributed by atoms with Gasteiger partial charge in [-0.3, -0.25) is 0 Å². The standard InChI is InChI=1S/C10H16N4O4/c1-10(5-16)2-6(4-15)18-8(10)14-9(17)13-7(11)3-12-14/h3,6,8,15-16H,2,4-5H2,1H3,(H2,11,13,17). The van der Waals surface area contributed by atoms with Gasteiger partial charge in [-0.25, -0.2) is 4.79 Å². The van der Waals surface area contributed by atoms with Gasteiger partial charge in [0.25, 0.3) is 0 Å². The van der Waals surface area contributed by atoms with E-state index in [4.69, 9.17) is 15.6 Å². The summed E-state index contributed by atoms with van der Waals surface area (Å²) in [5.41, 5.74) is 4.03. The van der Waals surface area contributed by atoms with Crippen molar-refractivity contribution in [3.8, 4) is 0 Å². The molecule has 0 aliphatic carbocycles. The molecule has 0 amide bonds. The van der Waals surface area contributed by atoms with Gasteiger partial charge in [-0.1, -0.05) is 6.92 Å². The van der Waals surface area contributed by atoms with Crippen molar-refractivity contribution in [3.05, 3.63) is 16.7 Å². The van der Waals surface area contributed by atoms with Gasteiger partial charge in [-0.05, 0) is 6.42 Å². The summed E-state index contributed by atoms with van der Waals surface area (Å²) in [6, 6.07) is 0. The van der Waals surface area contributed by atoms with Gasteiger partial charge in [0.05, 0.1) is 25.5 Å². The smallest absolute Gasteiger partial charge is 0.368 e. The van der Waals surface area contributed by atoms with Crippen LogP contribution in [0.1, 0.15) is 19.6 Å². The lowest BCUT2D eigenvalue weighted by atomic mass is 9.86. The topological polar surface area (TPSA) is 123 Å². The SMILES string of the molecule is CC1(CO)CC(CO)OC1n1ncc(N)nc1=O. The van der Waals surface area contributed by atoms with Crippen LogP contribution in [0.4, 0.5) is 5.82 Å². The first-order chi connectivity index (χ1) is 8.50. The third-order valence-electron chi connectivity index (χ3n) is 3.13. The minimum absolute atomic E-state index is 0.0265. The summed E-state index contributed by atoms with van der Waals surface area (Å²) >= 11 is 0. The predicted molar refractivity (Wildman–Crippen MR) is 61.5 cm³/mol. The Morgan fingerprint density at radius 2 is 2.39 bits per heavy atom. The molecular weight excluding hydrogens is 240 g/mol. The normalized spacial score (nSPS) is 31.7. The minimum Gasteiger partial charge on any atom is -0.396 e. The van der Waals surface area contributed by atoms with Gasteiger partial charge in [-0.15, -0.1) is 0 Å². The van der Waals surface area contributed by atoms with Crippen molar-refractivity contribution in [1.82, 2.24) is 14.8 Å². The molecule has 1 saturated heterocycles. The van der Waals surface area contributed by atoms with Crippen LogP contribution in [0.25, 0.3) is 0 Å². The summed E-state index contributed by atoms with van der Waals surface area (Å²) in [6.07, 6.45) is 0.483. The molecule has 0 aromatic carbocycles. The largest absolute Gasteiger partial charge is 0.396 e. The van der Waals surface area contributed by atoms with E-state index in [1.165, 1.54) is 6.20 Å². The summed E-state index contributed by atoms with van der Waals surface area (Å²) < 4.78 is 6.58. The summed E-state index contributed by atoms with van der Waals surface area (Å²) in [5.74, 6) is 0.0265. The molecule has 8 nitrogen and oxygen atoms in total. The Morgan fingerprint density at radius 1 is 1.67 bits per heavy atom. The first kappa shape index (κ1) is 12.9. The van der Waals surface area contributed by atoms with E-state index in [2.05, 4.69) is 10.1 Å². The van der Waals surface area contributed by atoms with E-state index in [-0.39, 0.29) is 19.0 Å². The van der Waals surface area contributed by atoms with Gasteiger partial charge in [0, 0.05) is 5.41 Å². The lowest BCUT2D eigenvalue weighted by molar-refractivity contribution is -0.0715. The van der Waals surface area contributed by atoms with Crippen molar-refractivity contribution < 1.29 is 14.9 Å². The molecule has 0 saturated carbocycles. The molecule has 2 rings (SSSR count). The summed E-state index contributed by atoms with van der Waals surface area (Å²) in [5, 5.41) is 22.5. The van der Waals surface area contributed by atoms with Crippen molar-refractivity contribution in [2.24, 2.45) is 5.41 Å². The molecule has 3 atom stereocenters. The number of rotatable bonds is 3. The average molecular weight is 256 g/mol. The number of aliphatic hydroxyl groups is 2. The molecule has 4 N–H and O–H groups in total. The van der Waals surface area contributed by atoms with Crippen LogP contribution >= 0.6 is 0 Å². The number of nitrogens with zero attached hydrogens (tertiary/aromatic N) is 3. The lowest BCUT2D eigenvalue weighted by Gasteiger charge is -2.27. The average Bonchev–Trinajstić information content (AvgIpc) is 2.68. The highest BCUT2D eigenvalue weighted by Gasteiger charge is 2.46. The molecule has 1 aromatic heterocycles. The first-order valence-corrected chi connectivity index (χ1v) is 5.58. The van der Waals surface area contributed by atoms with Crippen LogP contribution in [-0.2, 0) is 4.74 Å². The second-order valence-corrected chi connectivity index (χ2v) is 4.72. The van der Waals surface area contributed by atoms with Crippen molar-refractivity contribution >= 4 is 5.82 Å². The molecule has 1 aliphatic rings. The molecule has 1 aliphatic heterocycles. The monoisotopic (exact) mass is 256 g/mol. The molecule has 8 heteroatoms. The van der Waals surface area contributed by atoms with E-state index in [1.54, 1.807) is 6.92 Å². The molecular formula is C10H16N4O4. The number of aliphatic hydroxyl groups excluding tert-OH is 2. The van der Waals surface area contributed by atoms with E-state index in [0.717, 1.165) is 4.68 Å². The van der Waals surface area contributed by atoms with Crippen LogP contribution in [-0.4, -0.2) is 44.3 Å². The maximum atomic E-state index is 11.7. The molecule has 0 radical (unpaired) electrons. The van der Waals surface area contributed by atoms with Crippen LogP contribution in [0.5, 0.6) is 0 Å². The highest BCUT2D eigenvalue weighted by atomic mass is 16.5. The number of hydrogen-bond donors (Lipinski definition) is 3. The number of nitrogens with two attached hydrogens (primary N) is 1. The Hall–Kier alpha value is -1.51. The van der Waals surface area contributed by atoms with Gasteiger partial charge in [0.2, 0.25) is 0 Å². The van der Waals surface area contributed by atoms with E-state index in [9.17, 15) is 9.90 Å². The van der Waals surface area contributed by atoms with E-state index < -0.39 is 23.4 Å². The second-order valence-electron chi connectivity index (χ2n) is 4.72. The fourth-order valence-corrected chi connectivity index (χ4v) is 2.14. The molecule has 3 unspecified atom stereocenters. The Morgan fingerprint density at radius 3 is 2.94 bits per heavy atom. The molecule has 0 spiro atoms. The Balaban J connectivity index is 2.39. The van der Waals surface area contributed by atoms with Gasteiger partial charge in [0.1, 0.15) is 5.82 Å². The zero-order chi connectivity index (χ0) is 13.3. The van der Waals surface area contributed by atoms with Gasteiger partial charge in [0.15, 0.2) is 6.23 Å². The molecule has 1 aromatic rings. The quantitative estimate of drug-likeness (QED) is 0.601. The fraction of sp³-hybridized carbons (Fsp3) is 0.700. The number of aromatic nitrogens is 3. The fourth-order valence-electron chi connectivity index (χ4n) is 2.14. The maximum absolute atomic E-state index is 11.7. The predicted octanol–water partition coefficient (Wildman–Crippen LogP) is -1.50. The van der Waals surface area contributed by atoms with Crippen LogP contribution in [0.3, 0.4) is 0 Å². The zero-order valence-corrected chi connectivity index (χ0v) is 9.98. The van der Waals surface area contributed by atoms with Crippen molar-refractivity contribution in [1.29, 1.82) is 0 Å². The maximum Gasteiger partial charge on any atom is 0.368 e. The van der Waals surface area contributed by atoms with Crippen LogP contribution in [0.15, 0.2) is 11.0 Å². The van der Waals surface area contributed by atoms with Crippen molar-refractivity contribution in [3.63, 3.8) is 0 Å². The second kappa shape index (κ2) is 4.63.